The summed E-state index contributed by atoms with van der Waals surface area (Å²) in [6, 6.07) is 0. The summed E-state index contributed by atoms with van der Waals surface area (Å²) in [5.74, 6) is -2.40. The lowest BCUT2D eigenvalue weighted by Gasteiger charge is -2.05. The molecule has 0 aliphatic carbocycles. The van der Waals surface area contributed by atoms with Crippen LogP contribution in [0.15, 0.2) is 0 Å². The summed E-state index contributed by atoms with van der Waals surface area (Å²) in [5, 5.41) is -0.553. The van der Waals surface area contributed by atoms with Gasteiger partial charge in [0, 0.05) is 0 Å². The second kappa shape index (κ2) is 3.37. The molecule has 0 heterocycles. The highest BCUT2D eigenvalue weighted by atomic mass is 32.1. The lowest BCUT2D eigenvalue weighted by molar-refractivity contribution is -0.203. The normalized spacial score (nSPS) is 10.5. The van der Waals surface area contributed by atoms with Crippen molar-refractivity contribution >= 4 is 23.3 Å². The maximum Gasteiger partial charge on any atom is 0.493 e. The van der Waals surface area contributed by atoms with E-state index in [2.05, 4.69) is 22.8 Å². The highest BCUT2D eigenvalue weighted by Crippen LogP contribution is 2.15. The molecule has 0 aromatic carbocycles. The third-order valence-electron chi connectivity index (χ3n) is 0.476. The number of alkyl halides is 3. The molecule has 0 aromatic heterocycles. The number of carbonyl (C=O) groups excluding carboxylic acids is 1. The van der Waals surface area contributed by atoms with Crippen molar-refractivity contribution in [3.8, 4) is 0 Å². The van der Waals surface area contributed by atoms with Crippen LogP contribution < -0.4 is 11.2 Å². The van der Waals surface area contributed by atoms with Crippen LogP contribution in [0.3, 0.4) is 0 Å². The van der Waals surface area contributed by atoms with E-state index in [9.17, 15) is 18.0 Å². The van der Waals surface area contributed by atoms with Crippen molar-refractivity contribution in [1.82, 2.24) is 5.48 Å². The fourth-order valence-corrected chi connectivity index (χ4v) is 0.196. The topological polar surface area (TPSA) is 64.3 Å². The van der Waals surface area contributed by atoms with Gasteiger partial charge >= 0.3 is 12.1 Å². The van der Waals surface area contributed by atoms with Crippen molar-refractivity contribution in [2.75, 3.05) is 0 Å². The summed E-state index contributed by atoms with van der Waals surface area (Å²) in [6.45, 7) is 0. The number of rotatable bonds is 0. The van der Waals surface area contributed by atoms with Gasteiger partial charge in [-0.1, -0.05) is 0 Å². The van der Waals surface area contributed by atoms with Crippen LogP contribution in [0, 0.1) is 0 Å². The van der Waals surface area contributed by atoms with Crippen LogP contribution in [-0.4, -0.2) is 17.3 Å². The summed E-state index contributed by atoms with van der Waals surface area (Å²) in [6.07, 6.45) is -5.04. The standard InChI is InChI=1S/C3H3F3N2O2S/c4-3(5,6)1(9)10-8-2(7)11/h(H3,7,8,11). The van der Waals surface area contributed by atoms with Crippen LogP contribution in [-0.2, 0) is 9.63 Å². The van der Waals surface area contributed by atoms with E-state index in [1.165, 1.54) is 5.48 Å². The van der Waals surface area contributed by atoms with Gasteiger partial charge in [0.25, 0.3) is 0 Å². The summed E-state index contributed by atoms with van der Waals surface area (Å²) in [5.41, 5.74) is 6.05. The summed E-state index contributed by atoms with van der Waals surface area (Å²) >= 11 is 4.06. The van der Waals surface area contributed by atoms with Crippen LogP contribution in [0.4, 0.5) is 13.2 Å². The first-order valence-electron chi connectivity index (χ1n) is 2.17. The molecule has 3 N–H and O–H groups in total. The Morgan fingerprint density at radius 2 is 2.00 bits per heavy atom. The summed E-state index contributed by atoms with van der Waals surface area (Å²) < 4.78 is 33.9. The van der Waals surface area contributed by atoms with E-state index in [1.54, 1.807) is 0 Å². The molecule has 0 aromatic rings. The minimum atomic E-state index is -5.04. The largest absolute Gasteiger partial charge is 0.493 e. The predicted octanol–water partition coefficient (Wildman–Crippen LogP) is -0.160. The summed E-state index contributed by atoms with van der Waals surface area (Å²) in [7, 11) is 0. The average molecular weight is 188 g/mol. The molecule has 0 saturated heterocycles. The van der Waals surface area contributed by atoms with Gasteiger partial charge in [-0.15, -0.1) is 0 Å². The fraction of sp³-hybridized carbons (Fsp3) is 0.333. The molecular formula is C3H3F3N2O2S. The first-order valence-corrected chi connectivity index (χ1v) is 2.58. The lowest BCUT2D eigenvalue weighted by atomic mass is 10.7. The van der Waals surface area contributed by atoms with Crippen molar-refractivity contribution in [1.29, 1.82) is 0 Å². The Bertz CT molecular complexity index is 180. The van der Waals surface area contributed by atoms with Crippen molar-refractivity contribution in [2.45, 2.75) is 6.18 Å². The third-order valence-corrected chi connectivity index (χ3v) is 0.559. The van der Waals surface area contributed by atoms with Gasteiger partial charge in [0.1, 0.15) is 0 Å². The smallest absolute Gasteiger partial charge is 0.374 e. The minimum absolute atomic E-state index is 0.553. The number of nitrogens with two attached hydrogens (primary N) is 1. The highest BCUT2D eigenvalue weighted by Gasteiger charge is 2.41. The maximum absolute atomic E-state index is 11.3. The molecule has 0 aliphatic rings. The molecule has 0 bridgehead atoms. The van der Waals surface area contributed by atoms with Crippen LogP contribution >= 0.6 is 12.2 Å². The van der Waals surface area contributed by atoms with Crippen molar-refractivity contribution in [3.63, 3.8) is 0 Å². The Kier molecular flexibility index (Phi) is 3.05. The van der Waals surface area contributed by atoms with Gasteiger partial charge in [-0.3, -0.25) is 0 Å². The van der Waals surface area contributed by atoms with E-state index in [0.717, 1.165) is 0 Å². The molecule has 11 heavy (non-hydrogen) atoms. The molecule has 0 saturated carbocycles. The zero-order chi connectivity index (χ0) is 9.07. The zero-order valence-electron chi connectivity index (χ0n) is 4.94. The summed E-state index contributed by atoms with van der Waals surface area (Å²) in [4.78, 5) is 13.2. The molecule has 0 fully saturated rings. The second-order valence-corrected chi connectivity index (χ2v) is 1.79. The lowest BCUT2D eigenvalue weighted by Crippen LogP contribution is -2.37. The molecule has 0 spiro atoms. The van der Waals surface area contributed by atoms with Crippen molar-refractivity contribution in [2.24, 2.45) is 5.73 Å². The zero-order valence-corrected chi connectivity index (χ0v) is 5.75. The minimum Gasteiger partial charge on any atom is -0.374 e. The quantitative estimate of drug-likeness (QED) is 0.408. The van der Waals surface area contributed by atoms with Crippen molar-refractivity contribution < 1.29 is 22.8 Å². The maximum atomic E-state index is 11.3. The number of thiocarbonyl (C=S) groups is 1. The van der Waals surface area contributed by atoms with E-state index < -0.39 is 17.3 Å². The predicted molar refractivity (Wildman–Crippen MR) is 32.1 cm³/mol. The van der Waals surface area contributed by atoms with Crippen LogP contribution in [0.2, 0.25) is 0 Å². The first kappa shape index (κ1) is 9.95. The first-order chi connectivity index (χ1) is 4.84. The molecule has 0 atom stereocenters. The molecule has 0 unspecified atom stereocenters. The molecule has 0 aliphatic heterocycles. The molecular weight excluding hydrogens is 185 g/mol. The van der Waals surface area contributed by atoms with E-state index in [-0.39, 0.29) is 0 Å². The van der Waals surface area contributed by atoms with Crippen LogP contribution in [0.1, 0.15) is 0 Å². The SMILES string of the molecule is NC(=S)NOC(=O)C(F)(F)F. The Hall–Kier alpha value is -1.05. The van der Waals surface area contributed by atoms with Gasteiger partial charge in [-0.05, 0) is 12.2 Å². The number of hydrogen-bond donors (Lipinski definition) is 2. The Morgan fingerprint density at radius 1 is 1.55 bits per heavy atom. The molecule has 0 amide bonds. The monoisotopic (exact) mass is 188 g/mol. The van der Waals surface area contributed by atoms with Gasteiger partial charge in [-0.25, -0.2) is 4.79 Å². The fourth-order valence-electron chi connectivity index (χ4n) is 0.155. The van der Waals surface area contributed by atoms with Gasteiger partial charge in [-0.2, -0.15) is 18.7 Å². The van der Waals surface area contributed by atoms with E-state index in [0.29, 0.717) is 0 Å². The molecule has 4 nitrogen and oxygen atoms in total. The van der Waals surface area contributed by atoms with Gasteiger partial charge < -0.3 is 10.6 Å². The number of hydroxylamine groups is 1. The third kappa shape index (κ3) is 4.37. The number of nitrogens with one attached hydrogen (secondary N) is 1. The Balaban J connectivity index is 3.80. The number of hydrogen-bond acceptors (Lipinski definition) is 3. The number of halogens is 3. The van der Waals surface area contributed by atoms with Crippen LogP contribution in [0.25, 0.3) is 0 Å². The molecule has 0 radical (unpaired) electrons. The van der Waals surface area contributed by atoms with Gasteiger partial charge in [0.2, 0.25) is 0 Å². The highest BCUT2D eigenvalue weighted by molar-refractivity contribution is 7.80. The van der Waals surface area contributed by atoms with Gasteiger partial charge in [0.05, 0.1) is 0 Å². The number of carbonyl (C=O) groups is 1. The second-order valence-electron chi connectivity index (χ2n) is 1.35. The van der Waals surface area contributed by atoms with E-state index in [4.69, 9.17) is 0 Å². The molecule has 8 heteroatoms. The molecule has 64 valence electrons. The van der Waals surface area contributed by atoms with E-state index in [1.807, 2.05) is 0 Å². The average Bonchev–Trinajstić information content (AvgIpc) is 1.80. The van der Waals surface area contributed by atoms with Crippen molar-refractivity contribution in [3.05, 3.63) is 0 Å². The molecule has 0 rings (SSSR count). The van der Waals surface area contributed by atoms with Crippen LogP contribution in [0.5, 0.6) is 0 Å². The van der Waals surface area contributed by atoms with Gasteiger partial charge in [0.15, 0.2) is 5.11 Å². The Labute approximate surface area is 64.4 Å². The Morgan fingerprint density at radius 3 is 2.27 bits per heavy atom. The van der Waals surface area contributed by atoms with E-state index >= 15 is 0 Å².